The number of benzene rings is 2. The van der Waals surface area contributed by atoms with Gasteiger partial charge in [-0.1, -0.05) is 12.1 Å². The summed E-state index contributed by atoms with van der Waals surface area (Å²) >= 11 is 0. The van der Waals surface area contributed by atoms with E-state index in [1.54, 1.807) is 12.1 Å². The summed E-state index contributed by atoms with van der Waals surface area (Å²) in [6.07, 6.45) is 5.14. The van der Waals surface area contributed by atoms with E-state index in [0.29, 0.717) is 23.0 Å². The van der Waals surface area contributed by atoms with Crippen LogP contribution in [0, 0.1) is 0 Å². The van der Waals surface area contributed by atoms with E-state index >= 15 is 0 Å². The Bertz CT molecular complexity index is 784. The average molecular weight is 569 g/mol. The molecule has 1 aliphatic heterocycles. The average Bonchev–Trinajstić information content (AvgIpc) is 3.50. The maximum Gasteiger partial charge on any atom is 0.255 e. The van der Waals surface area contributed by atoms with Gasteiger partial charge in [0.1, 0.15) is 0 Å². The van der Waals surface area contributed by atoms with Gasteiger partial charge in [0, 0.05) is 36.4 Å². The lowest BCUT2D eigenvalue weighted by Crippen LogP contribution is -2.40. The molecule has 1 saturated heterocycles. The second-order valence-corrected chi connectivity index (χ2v) is 7.30. The monoisotopic (exact) mass is 566 g/mol. The van der Waals surface area contributed by atoms with E-state index in [0.717, 1.165) is 11.7 Å². The van der Waals surface area contributed by atoms with Crippen LogP contribution >= 0.6 is 74.4 Å². The number of anilines is 3. The van der Waals surface area contributed by atoms with E-state index in [-0.39, 0.29) is 80.3 Å². The first-order valence-corrected chi connectivity index (χ1v) is 9.45. The Hall–Kier alpha value is -0.790. The number of nitrogen functional groups attached to an aromatic ring is 1. The van der Waals surface area contributed by atoms with Crippen molar-refractivity contribution in [1.82, 2.24) is 4.90 Å². The van der Waals surface area contributed by atoms with E-state index in [1.165, 1.54) is 38.8 Å². The SMILES string of the molecule is Cl.Cl.Cl.Cl.Cl.Cl.Nc1ccccc1NC(=O)c1ccc(NC2CCN(C3CC3)CC2)cc1. The van der Waals surface area contributed by atoms with Gasteiger partial charge in [-0.3, -0.25) is 4.79 Å². The molecule has 0 bridgehead atoms. The predicted octanol–water partition coefficient (Wildman–Crippen LogP) is 6.09. The minimum absolute atomic E-state index is 0. The predicted molar refractivity (Wildman–Crippen MR) is 150 cm³/mol. The van der Waals surface area contributed by atoms with Crippen LogP contribution in [-0.4, -0.2) is 36.0 Å². The Balaban J connectivity index is -0.00000140. The Morgan fingerprint density at radius 3 is 1.91 bits per heavy atom. The lowest BCUT2D eigenvalue weighted by atomic mass is 10.0. The van der Waals surface area contributed by atoms with Crippen LogP contribution in [0.2, 0.25) is 0 Å². The lowest BCUT2D eigenvalue weighted by Gasteiger charge is -2.32. The zero-order valence-electron chi connectivity index (χ0n) is 17.4. The van der Waals surface area contributed by atoms with Crippen molar-refractivity contribution >= 4 is 97.4 Å². The molecule has 0 unspecified atom stereocenters. The van der Waals surface area contributed by atoms with Crippen molar-refractivity contribution in [1.29, 1.82) is 0 Å². The minimum Gasteiger partial charge on any atom is -0.397 e. The van der Waals surface area contributed by atoms with Crippen molar-refractivity contribution in [3.8, 4) is 0 Å². The summed E-state index contributed by atoms with van der Waals surface area (Å²) in [5, 5.41) is 6.47. The minimum atomic E-state index is -0.146. The van der Waals surface area contributed by atoms with Crippen molar-refractivity contribution in [3.63, 3.8) is 0 Å². The molecule has 2 aromatic rings. The molecule has 0 radical (unpaired) electrons. The summed E-state index contributed by atoms with van der Waals surface area (Å²) in [5.74, 6) is -0.146. The number of halogens is 6. The van der Waals surface area contributed by atoms with E-state index in [1.807, 2.05) is 36.4 Å². The van der Waals surface area contributed by atoms with Gasteiger partial charge in [0.2, 0.25) is 0 Å². The van der Waals surface area contributed by atoms with Gasteiger partial charge in [-0.15, -0.1) is 74.4 Å². The molecule has 2 aliphatic rings. The number of likely N-dealkylation sites (tertiary alicyclic amines) is 1. The van der Waals surface area contributed by atoms with Crippen molar-refractivity contribution in [2.45, 2.75) is 37.8 Å². The second-order valence-electron chi connectivity index (χ2n) is 7.30. The van der Waals surface area contributed by atoms with Crippen molar-refractivity contribution in [3.05, 3.63) is 54.1 Å². The molecule has 5 nitrogen and oxygen atoms in total. The van der Waals surface area contributed by atoms with Gasteiger partial charge in [0.15, 0.2) is 0 Å². The Labute approximate surface area is 227 Å². The molecule has 0 atom stereocenters. The summed E-state index contributed by atoms with van der Waals surface area (Å²) < 4.78 is 0. The van der Waals surface area contributed by atoms with Crippen LogP contribution in [0.4, 0.5) is 17.1 Å². The highest BCUT2D eigenvalue weighted by molar-refractivity contribution is 6.05. The van der Waals surface area contributed by atoms with Crippen LogP contribution < -0.4 is 16.4 Å². The number of rotatable bonds is 5. The van der Waals surface area contributed by atoms with Crippen molar-refractivity contribution in [2.75, 3.05) is 29.5 Å². The van der Waals surface area contributed by atoms with Gasteiger partial charge < -0.3 is 21.3 Å². The van der Waals surface area contributed by atoms with Gasteiger partial charge in [-0.2, -0.15) is 0 Å². The molecule has 184 valence electrons. The Morgan fingerprint density at radius 1 is 0.812 bits per heavy atom. The molecule has 4 rings (SSSR count). The number of carbonyl (C=O) groups is 1. The molecule has 1 heterocycles. The molecular weight excluding hydrogens is 537 g/mol. The zero-order valence-corrected chi connectivity index (χ0v) is 22.3. The normalized spacial score (nSPS) is 15.0. The molecule has 1 saturated carbocycles. The molecule has 1 aliphatic carbocycles. The third kappa shape index (κ3) is 9.60. The van der Waals surface area contributed by atoms with E-state index < -0.39 is 0 Å². The van der Waals surface area contributed by atoms with Gasteiger partial charge >= 0.3 is 0 Å². The van der Waals surface area contributed by atoms with Crippen LogP contribution in [0.15, 0.2) is 48.5 Å². The number of nitrogens with zero attached hydrogens (tertiary/aromatic N) is 1. The molecule has 0 spiro atoms. The lowest BCUT2D eigenvalue weighted by molar-refractivity contribution is 0.102. The highest BCUT2D eigenvalue weighted by Gasteiger charge is 2.31. The first-order chi connectivity index (χ1) is 12.7. The zero-order chi connectivity index (χ0) is 17.9. The number of carbonyl (C=O) groups excluding carboxylic acids is 1. The molecule has 32 heavy (non-hydrogen) atoms. The Morgan fingerprint density at radius 2 is 1.38 bits per heavy atom. The van der Waals surface area contributed by atoms with Crippen molar-refractivity contribution < 1.29 is 4.79 Å². The molecule has 11 heteroatoms. The van der Waals surface area contributed by atoms with E-state index in [2.05, 4.69) is 15.5 Å². The molecule has 2 fully saturated rings. The maximum absolute atomic E-state index is 12.4. The highest BCUT2D eigenvalue weighted by atomic mass is 35.5. The largest absolute Gasteiger partial charge is 0.397 e. The molecule has 4 N–H and O–H groups in total. The van der Waals surface area contributed by atoms with Crippen LogP contribution in [0.3, 0.4) is 0 Å². The number of hydrogen-bond donors (Lipinski definition) is 3. The summed E-state index contributed by atoms with van der Waals surface area (Å²) in [6, 6.07) is 16.4. The fraction of sp³-hybridized carbons (Fsp3) is 0.381. The van der Waals surface area contributed by atoms with Crippen molar-refractivity contribution in [2.24, 2.45) is 0 Å². The first kappa shape index (κ1) is 35.8. The number of nitrogens with two attached hydrogens (primary N) is 1. The van der Waals surface area contributed by atoms with Gasteiger partial charge in [0.25, 0.3) is 5.91 Å². The molecule has 1 amide bonds. The molecular formula is C21H32Cl6N4O. The topological polar surface area (TPSA) is 70.4 Å². The summed E-state index contributed by atoms with van der Waals surface area (Å²) in [6.45, 7) is 2.39. The van der Waals surface area contributed by atoms with Crippen LogP contribution in [0.25, 0.3) is 0 Å². The third-order valence-electron chi connectivity index (χ3n) is 5.32. The van der Waals surface area contributed by atoms with Gasteiger partial charge in [-0.25, -0.2) is 0 Å². The standard InChI is InChI=1S/C21H26N4O.6ClH/c22-19-3-1-2-4-20(19)24-21(26)15-5-7-16(8-6-15)23-17-11-13-25(14-12-17)18-9-10-18;;;;;;/h1-8,17-18,23H,9-14,22H2,(H,24,26);6*1H. The molecule has 0 aromatic heterocycles. The van der Waals surface area contributed by atoms with E-state index in [9.17, 15) is 4.79 Å². The summed E-state index contributed by atoms with van der Waals surface area (Å²) in [5.41, 5.74) is 8.79. The van der Waals surface area contributed by atoms with Crippen LogP contribution in [0.5, 0.6) is 0 Å². The fourth-order valence-corrected chi connectivity index (χ4v) is 3.61. The van der Waals surface area contributed by atoms with Gasteiger partial charge in [0.05, 0.1) is 11.4 Å². The maximum atomic E-state index is 12.4. The smallest absolute Gasteiger partial charge is 0.255 e. The summed E-state index contributed by atoms with van der Waals surface area (Å²) in [7, 11) is 0. The fourth-order valence-electron chi connectivity index (χ4n) is 3.61. The van der Waals surface area contributed by atoms with Crippen LogP contribution in [0.1, 0.15) is 36.0 Å². The third-order valence-corrected chi connectivity index (χ3v) is 5.32. The number of amides is 1. The molecule has 2 aromatic carbocycles. The first-order valence-electron chi connectivity index (χ1n) is 9.45. The number of nitrogens with one attached hydrogen (secondary N) is 2. The van der Waals surface area contributed by atoms with Crippen LogP contribution in [-0.2, 0) is 0 Å². The second kappa shape index (κ2) is 16.8. The number of para-hydroxylation sites is 2. The number of piperidine rings is 1. The van der Waals surface area contributed by atoms with Gasteiger partial charge in [-0.05, 0) is 62.1 Å². The number of hydrogen-bond acceptors (Lipinski definition) is 4. The quantitative estimate of drug-likeness (QED) is 0.382. The summed E-state index contributed by atoms with van der Waals surface area (Å²) in [4.78, 5) is 15.0. The van der Waals surface area contributed by atoms with E-state index in [4.69, 9.17) is 5.73 Å². The Kier molecular flexibility index (Phi) is 18.8. The highest BCUT2D eigenvalue weighted by Crippen LogP contribution is 2.30.